The first-order valence-electron chi connectivity index (χ1n) is 5.67. The van der Waals surface area contributed by atoms with E-state index < -0.39 is 15.3 Å². The van der Waals surface area contributed by atoms with Crippen LogP contribution in [0.4, 0.5) is 0 Å². The predicted octanol–water partition coefficient (Wildman–Crippen LogP) is 0.607. The van der Waals surface area contributed by atoms with Crippen LogP contribution < -0.4 is 4.72 Å². The van der Waals surface area contributed by atoms with Crippen LogP contribution in [0.3, 0.4) is 0 Å². The van der Waals surface area contributed by atoms with Crippen LogP contribution in [-0.4, -0.2) is 45.1 Å². The Morgan fingerprint density at radius 2 is 2.00 bits per heavy atom. The van der Waals surface area contributed by atoms with Gasteiger partial charge < -0.3 is 10.2 Å². The Morgan fingerprint density at radius 1 is 1.43 bits per heavy atom. The Balaban J connectivity index is 2.27. The van der Waals surface area contributed by atoms with Gasteiger partial charge in [0.1, 0.15) is 0 Å². The molecule has 1 atom stereocenters. The fourth-order valence-corrected chi connectivity index (χ4v) is 2.65. The van der Waals surface area contributed by atoms with Gasteiger partial charge in [0.2, 0.25) is 27.7 Å². The Morgan fingerprint density at radius 3 is 2.52 bits per heavy atom. The van der Waals surface area contributed by atoms with Gasteiger partial charge >= 0.3 is 0 Å². The second-order valence-electron chi connectivity index (χ2n) is 4.30. The zero-order chi connectivity index (χ0) is 15.8. The summed E-state index contributed by atoms with van der Waals surface area (Å²) in [5.41, 5.74) is 0.381. The van der Waals surface area contributed by atoms with Gasteiger partial charge in [-0.1, -0.05) is 0 Å². The maximum absolute atomic E-state index is 11.0. The fraction of sp³-hybridized carbons (Fsp3) is 0.300. The van der Waals surface area contributed by atoms with E-state index >= 15 is 0 Å². The maximum Gasteiger partial charge on any atom is 0.234 e. The summed E-state index contributed by atoms with van der Waals surface area (Å²) in [5, 5.41) is 18.8. The number of imidazole rings is 1. The van der Waals surface area contributed by atoms with Crippen molar-refractivity contribution in [1.29, 1.82) is 0 Å². The Labute approximate surface area is 131 Å². The van der Waals surface area contributed by atoms with Gasteiger partial charge in [0.05, 0.1) is 17.2 Å². The molecule has 2 heterocycles. The minimum Gasteiger partial charge on any atom is -0.494 e. The highest BCUT2D eigenvalue weighted by atomic mass is 35.5. The van der Waals surface area contributed by atoms with Crippen LogP contribution in [0, 0.1) is 0 Å². The monoisotopic (exact) mass is 352 g/mol. The van der Waals surface area contributed by atoms with E-state index in [9.17, 15) is 18.6 Å². The fourth-order valence-electron chi connectivity index (χ4n) is 1.63. The zero-order valence-electron chi connectivity index (χ0n) is 10.8. The van der Waals surface area contributed by atoms with Crippen LogP contribution >= 0.6 is 24.4 Å². The van der Waals surface area contributed by atoms with Crippen LogP contribution in [0.1, 0.15) is 10.9 Å². The van der Waals surface area contributed by atoms with Crippen molar-refractivity contribution in [3.05, 3.63) is 24.0 Å². The molecule has 3 N–H and O–H groups in total. The first kappa shape index (κ1) is 16.0. The molecule has 21 heavy (non-hydrogen) atoms. The molecule has 2 aromatic rings. The normalized spacial score (nSPS) is 13.5. The third kappa shape index (κ3) is 3.64. The van der Waals surface area contributed by atoms with Gasteiger partial charge in [-0.15, -0.1) is 0 Å². The number of thiol groups is 1. The molecule has 0 radical (unpaired) electrons. The molecule has 0 aliphatic carbocycles. The van der Waals surface area contributed by atoms with Crippen molar-refractivity contribution in [2.45, 2.75) is 5.25 Å². The average molecular weight is 353 g/mol. The van der Waals surface area contributed by atoms with E-state index in [0.29, 0.717) is 5.69 Å². The van der Waals surface area contributed by atoms with Crippen LogP contribution in [0.2, 0.25) is 0 Å². The second kappa shape index (κ2) is 5.79. The maximum atomic E-state index is 11.0. The van der Waals surface area contributed by atoms with Gasteiger partial charge in [-0.25, -0.2) is 26.8 Å². The summed E-state index contributed by atoms with van der Waals surface area (Å²) in [4.78, 5) is 4.14. The van der Waals surface area contributed by atoms with Gasteiger partial charge in [0.15, 0.2) is 0 Å². The number of halogens is 1. The number of nitrogens with zero attached hydrogens (tertiary/aromatic N) is 3. The molecular weight excluding hydrogens is 340 g/mol. The van der Waals surface area contributed by atoms with Gasteiger partial charge in [0.25, 0.3) is 0 Å². The summed E-state index contributed by atoms with van der Waals surface area (Å²) in [7, 11) is -3.34. The van der Waals surface area contributed by atoms with E-state index in [1.807, 2.05) is 0 Å². The zero-order valence-corrected chi connectivity index (χ0v) is 13.3. The van der Waals surface area contributed by atoms with Crippen LogP contribution in [0.15, 0.2) is 18.3 Å². The standard InChI is InChI=1S/C10H13ClN4O4S2/c1-21(18,19)12-4-7(20)6-5-14(11)10(13-6)15-8(16)2-3-9(15)17/h2-3,5,7,12,16-17,20H,4H2,1H3. The number of hydrogen-bond donors (Lipinski definition) is 4. The first-order valence-corrected chi connectivity index (χ1v) is 8.42. The van der Waals surface area contributed by atoms with Crippen LogP contribution in [-0.2, 0) is 10.0 Å². The Bertz CT molecular complexity index is 736. The number of rotatable bonds is 5. The van der Waals surface area contributed by atoms with Gasteiger partial charge in [-0.05, 0) is 0 Å². The second-order valence-corrected chi connectivity index (χ2v) is 7.12. The van der Waals surface area contributed by atoms with E-state index in [0.717, 1.165) is 14.9 Å². The predicted molar refractivity (Wildman–Crippen MR) is 80.7 cm³/mol. The first-order chi connectivity index (χ1) is 9.69. The molecular formula is C10H13ClN4O4S2. The number of aromatic hydroxyl groups is 2. The molecule has 0 aliphatic rings. The van der Waals surface area contributed by atoms with E-state index in [1.165, 1.54) is 18.3 Å². The minimum atomic E-state index is -3.34. The van der Waals surface area contributed by atoms with Crippen LogP contribution in [0.25, 0.3) is 5.95 Å². The molecule has 2 aromatic heterocycles. The highest BCUT2D eigenvalue weighted by Crippen LogP contribution is 2.28. The minimum absolute atomic E-state index is 0.0267. The molecule has 1 unspecified atom stereocenters. The molecule has 0 aliphatic heterocycles. The van der Waals surface area contributed by atoms with E-state index in [-0.39, 0.29) is 24.3 Å². The Kier molecular flexibility index (Phi) is 4.42. The lowest BCUT2D eigenvalue weighted by atomic mass is 10.3. The number of hydrogen-bond acceptors (Lipinski definition) is 6. The van der Waals surface area contributed by atoms with E-state index in [4.69, 9.17) is 11.8 Å². The number of aromatic nitrogens is 3. The largest absolute Gasteiger partial charge is 0.494 e. The van der Waals surface area contributed by atoms with Crippen molar-refractivity contribution in [2.75, 3.05) is 12.8 Å². The summed E-state index contributed by atoms with van der Waals surface area (Å²) in [6.45, 7) is 0.0267. The molecule has 0 saturated heterocycles. The van der Waals surface area contributed by atoms with E-state index in [2.05, 4.69) is 22.3 Å². The van der Waals surface area contributed by atoms with Crippen molar-refractivity contribution in [3.63, 3.8) is 0 Å². The summed E-state index contributed by atoms with van der Waals surface area (Å²) in [6, 6.07) is 2.56. The van der Waals surface area contributed by atoms with Crippen molar-refractivity contribution >= 4 is 34.4 Å². The van der Waals surface area contributed by atoms with Crippen LogP contribution in [0.5, 0.6) is 11.8 Å². The molecule has 116 valence electrons. The quantitative estimate of drug-likeness (QED) is 0.589. The molecule has 8 nitrogen and oxygen atoms in total. The Hall–Kier alpha value is -1.36. The van der Waals surface area contributed by atoms with Gasteiger partial charge in [-0.3, -0.25) is 0 Å². The lowest BCUT2D eigenvalue weighted by Crippen LogP contribution is -2.25. The number of nitrogens with one attached hydrogen (secondary N) is 1. The lowest BCUT2D eigenvalue weighted by molar-refractivity contribution is 0.398. The molecule has 0 bridgehead atoms. The number of sulfonamides is 1. The third-order valence-corrected chi connectivity index (χ3v) is 3.97. The van der Waals surface area contributed by atoms with E-state index in [1.54, 1.807) is 0 Å². The smallest absolute Gasteiger partial charge is 0.234 e. The molecule has 11 heteroatoms. The average Bonchev–Trinajstić information content (AvgIpc) is 2.89. The van der Waals surface area contributed by atoms with Crippen molar-refractivity contribution < 1.29 is 18.6 Å². The summed E-state index contributed by atoms with van der Waals surface area (Å²) < 4.78 is 26.5. The van der Waals surface area contributed by atoms with Crippen molar-refractivity contribution in [3.8, 4) is 17.7 Å². The molecule has 0 spiro atoms. The topological polar surface area (TPSA) is 109 Å². The van der Waals surface area contributed by atoms with Gasteiger partial charge in [0, 0.05) is 36.7 Å². The SMILES string of the molecule is CS(=O)(=O)NCC(S)c1cn(Cl)c(-n2c(O)ccc2O)n1. The highest BCUT2D eigenvalue weighted by molar-refractivity contribution is 7.88. The summed E-state index contributed by atoms with van der Waals surface area (Å²) in [5.74, 6) is -0.418. The summed E-state index contributed by atoms with van der Waals surface area (Å²) in [6.07, 6.45) is 2.45. The van der Waals surface area contributed by atoms with Crippen molar-refractivity contribution in [1.82, 2.24) is 18.4 Å². The molecule has 0 aromatic carbocycles. The molecule has 0 fully saturated rings. The summed E-state index contributed by atoms with van der Waals surface area (Å²) >= 11 is 10.2. The lowest BCUT2D eigenvalue weighted by Gasteiger charge is -2.07. The van der Waals surface area contributed by atoms with Crippen molar-refractivity contribution in [2.24, 2.45) is 0 Å². The highest BCUT2D eigenvalue weighted by Gasteiger charge is 2.19. The van der Waals surface area contributed by atoms with Gasteiger partial charge in [-0.2, -0.15) is 12.6 Å². The molecule has 0 saturated carbocycles. The third-order valence-electron chi connectivity index (χ3n) is 2.59. The molecule has 2 rings (SSSR count). The molecule has 0 amide bonds.